The molecule has 1 atom stereocenters. The number of fused-ring (bicyclic) bond motifs is 2. The van der Waals surface area contributed by atoms with E-state index in [-0.39, 0.29) is 11.3 Å². The standard InChI is InChI=1S/C31H33ClF2N8O/c1-30(2,3)16-37-25-18(12-35)13-36-26-21(25)10-19(11-22(26)32)38-27(20-7-5-6-17-14-41(4)28(43)24(17)20)23-15-42(40-39-23)31(8-9-31)29(33)34/h5-7,10-11,13,15,27,29,38-40H,8-9,14,16H2,1-4H3,(H,36,37)/t27-/m0/s1. The Balaban J connectivity index is 1.46. The van der Waals surface area contributed by atoms with E-state index in [9.17, 15) is 18.8 Å². The molecule has 1 aromatic heterocycles. The molecule has 43 heavy (non-hydrogen) atoms. The number of hydrogen-bond acceptors (Lipinski definition) is 8. The summed E-state index contributed by atoms with van der Waals surface area (Å²) in [6.45, 7) is 7.37. The maximum atomic E-state index is 14.0. The number of carbonyl (C=O) groups excluding carboxylic acids is 1. The van der Waals surface area contributed by atoms with Crippen LogP contribution in [0.4, 0.5) is 20.2 Å². The average molecular weight is 607 g/mol. The highest BCUT2D eigenvalue weighted by Gasteiger charge is 2.56. The van der Waals surface area contributed by atoms with Crippen LogP contribution in [0.2, 0.25) is 5.02 Å². The van der Waals surface area contributed by atoms with Crippen molar-refractivity contribution in [1.29, 1.82) is 5.26 Å². The van der Waals surface area contributed by atoms with E-state index in [1.807, 2.05) is 24.3 Å². The Morgan fingerprint density at radius 3 is 2.70 bits per heavy atom. The molecule has 3 heterocycles. The van der Waals surface area contributed by atoms with E-state index >= 15 is 0 Å². The van der Waals surface area contributed by atoms with Gasteiger partial charge in [0, 0.05) is 43.6 Å². The zero-order valence-corrected chi connectivity index (χ0v) is 25.1. The molecule has 1 aliphatic carbocycles. The number of nitrogens with zero attached hydrogens (tertiary/aromatic N) is 4. The van der Waals surface area contributed by atoms with Gasteiger partial charge in [0.25, 0.3) is 12.3 Å². The lowest BCUT2D eigenvalue weighted by molar-refractivity contribution is 0.00911. The second kappa shape index (κ2) is 10.5. The lowest BCUT2D eigenvalue weighted by Gasteiger charge is -2.25. The van der Waals surface area contributed by atoms with Crippen LogP contribution in [0.3, 0.4) is 0 Å². The number of aromatic nitrogens is 1. The summed E-state index contributed by atoms with van der Waals surface area (Å²) in [6, 6.07) is 10.9. The number of hydrogen-bond donors (Lipinski definition) is 4. The van der Waals surface area contributed by atoms with E-state index < -0.39 is 18.0 Å². The number of benzene rings is 2. The fraction of sp³-hybridized carbons (Fsp3) is 0.387. The molecule has 2 aliphatic heterocycles. The molecule has 0 bridgehead atoms. The number of carbonyl (C=O) groups is 1. The van der Waals surface area contributed by atoms with Gasteiger partial charge in [-0.05, 0) is 41.5 Å². The smallest absolute Gasteiger partial charge is 0.262 e. The lowest BCUT2D eigenvalue weighted by Crippen LogP contribution is -2.48. The Bertz CT molecular complexity index is 1690. The molecule has 0 radical (unpaired) electrons. The van der Waals surface area contributed by atoms with Gasteiger partial charge in [-0.15, -0.1) is 5.53 Å². The molecule has 224 valence electrons. The van der Waals surface area contributed by atoms with Gasteiger partial charge in [-0.2, -0.15) is 5.26 Å². The van der Waals surface area contributed by atoms with Crippen molar-refractivity contribution in [3.63, 3.8) is 0 Å². The van der Waals surface area contributed by atoms with Crippen LogP contribution in [0.25, 0.3) is 10.9 Å². The Morgan fingerprint density at radius 2 is 2.02 bits per heavy atom. The molecule has 1 fully saturated rings. The van der Waals surface area contributed by atoms with Crippen molar-refractivity contribution < 1.29 is 13.6 Å². The normalized spacial score (nSPS) is 17.9. The largest absolute Gasteiger partial charge is 0.383 e. The van der Waals surface area contributed by atoms with Gasteiger partial charge in [0.05, 0.1) is 39.1 Å². The molecule has 1 saturated carbocycles. The number of rotatable bonds is 8. The summed E-state index contributed by atoms with van der Waals surface area (Å²) in [5, 5.41) is 19.3. The summed E-state index contributed by atoms with van der Waals surface area (Å²) < 4.78 is 27.9. The zero-order chi connectivity index (χ0) is 30.7. The topological polar surface area (TPSA) is 108 Å². The van der Waals surface area contributed by atoms with Gasteiger partial charge in [0.2, 0.25) is 0 Å². The summed E-state index contributed by atoms with van der Waals surface area (Å²) in [5.74, 6) is -0.111. The predicted molar refractivity (Wildman–Crippen MR) is 162 cm³/mol. The van der Waals surface area contributed by atoms with Crippen LogP contribution in [0.15, 0.2) is 48.4 Å². The number of pyridine rings is 1. The van der Waals surface area contributed by atoms with Gasteiger partial charge in [-0.25, -0.2) is 8.78 Å². The van der Waals surface area contributed by atoms with Gasteiger partial charge in [-0.3, -0.25) is 14.8 Å². The van der Waals surface area contributed by atoms with Crippen LogP contribution in [-0.2, 0) is 6.54 Å². The molecular formula is C31H33ClF2N8O. The van der Waals surface area contributed by atoms with Gasteiger partial charge < -0.3 is 21.0 Å². The molecule has 12 heteroatoms. The molecule has 9 nitrogen and oxygen atoms in total. The zero-order valence-electron chi connectivity index (χ0n) is 24.4. The highest BCUT2D eigenvalue weighted by Crippen LogP contribution is 2.47. The van der Waals surface area contributed by atoms with E-state index in [1.165, 1.54) is 11.2 Å². The van der Waals surface area contributed by atoms with Crippen LogP contribution in [-0.4, -0.2) is 46.4 Å². The maximum Gasteiger partial charge on any atom is 0.262 e. The third-order valence-corrected chi connectivity index (χ3v) is 8.45. The first-order valence-electron chi connectivity index (χ1n) is 14.1. The molecule has 2 aromatic carbocycles. The quantitative estimate of drug-likeness (QED) is 0.250. The fourth-order valence-corrected chi connectivity index (χ4v) is 5.91. The molecule has 3 aromatic rings. The van der Waals surface area contributed by atoms with Gasteiger partial charge in [0.1, 0.15) is 11.6 Å². The third-order valence-electron chi connectivity index (χ3n) is 8.16. The highest BCUT2D eigenvalue weighted by molar-refractivity contribution is 6.35. The summed E-state index contributed by atoms with van der Waals surface area (Å²) in [7, 11) is 1.75. The summed E-state index contributed by atoms with van der Waals surface area (Å²) in [6.07, 6.45) is 1.36. The van der Waals surface area contributed by atoms with Crippen LogP contribution < -0.4 is 21.6 Å². The van der Waals surface area contributed by atoms with E-state index in [0.717, 1.165) is 5.56 Å². The van der Waals surface area contributed by atoms with Crippen LogP contribution in [0.1, 0.15) is 66.7 Å². The number of halogens is 3. The molecule has 1 amide bonds. The molecule has 4 N–H and O–H groups in total. The van der Waals surface area contributed by atoms with Crippen LogP contribution >= 0.6 is 11.6 Å². The SMILES string of the molecule is CN1Cc2cccc([C@H](Nc3cc(Cl)c4ncc(C#N)c(NCC(C)(C)C)c4c3)C3=CN(C4(C(F)F)CC4)NN3)c2C1=O. The third kappa shape index (κ3) is 5.19. The van der Waals surface area contributed by atoms with E-state index in [1.54, 1.807) is 24.2 Å². The monoisotopic (exact) mass is 606 g/mol. The Kier molecular flexibility index (Phi) is 7.10. The number of hydrazine groups is 2. The van der Waals surface area contributed by atoms with E-state index in [0.29, 0.717) is 75.6 Å². The second-order valence-electron chi connectivity index (χ2n) is 12.6. The molecule has 0 unspecified atom stereocenters. The molecule has 0 spiro atoms. The van der Waals surface area contributed by atoms with Gasteiger partial charge in [0.15, 0.2) is 0 Å². The van der Waals surface area contributed by atoms with Crippen molar-refractivity contribution in [1.82, 2.24) is 25.9 Å². The first-order valence-corrected chi connectivity index (χ1v) is 14.5. The summed E-state index contributed by atoms with van der Waals surface area (Å²) in [4.78, 5) is 19.4. The minimum Gasteiger partial charge on any atom is -0.383 e. The first kappa shape index (κ1) is 29.0. The Hall–Kier alpha value is -4.14. The first-order chi connectivity index (χ1) is 20.4. The van der Waals surface area contributed by atoms with Crippen molar-refractivity contribution in [3.05, 3.63) is 75.7 Å². The van der Waals surface area contributed by atoms with E-state index in [4.69, 9.17) is 11.6 Å². The van der Waals surface area contributed by atoms with E-state index in [2.05, 4.69) is 53.4 Å². The number of anilines is 2. The minimum atomic E-state index is -2.53. The maximum absolute atomic E-state index is 14.0. The Morgan fingerprint density at radius 1 is 1.26 bits per heavy atom. The number of nitrogens with one attached hydrogen (secondary N) is 4. The fourth-order valence-electron chi connectivity index (χ4n) is 5.64. The molecule has 0 saturated heterocycles. The predicted octanol–water partition coefficient (Wildman–Crippen LogP) is 5.92. The van der Waals surface area contributed by atoms with Crippen molar-refractivity contribution in [2.45, 2.75) is 58.2 Å². The average Bonchev–Trinajstić information content (AvgIpc) is 3.54. The number of alkyl halides is 2. The van der Waals surface area contributed by atoms with Crippen LogP contribution in [0, 0.1) is 16.7 Å². The number of nitriles is 1. The highest BCUT2D eigenvalue weighted by atomic mass is 35.5. The minimum absolute atomic E-state index is 0.0584. The number of amides is 1. The molecule has 6 rings (SSSR count). The van der Waals surface area contributed by atoms with Gasteiger partial charge >= 0.3 is 0 Å². The van der Waals surface area contributed by atoms with Crippen molar-refractivity contribution in [3.8, 4) is 6.07 Å². The Labute approximate surface area is 253 Å². The van der Waals surface area contributed by atoms with Gasteiger partial charge in [-0.1, -0.05) is 50.6 Å². The molecular weight excluding hydrogens is 574 g/mol. The summed E-state index contributed by atoms with van der Waals surface area (Å²) in [5.41, 5.74) is 9.53. The van der Waals surface area contributed by atoms with Crippen LogP contribution in [0.5, 0.6) is 0 Å². The molecule has 3 aliphatic rings. The summed E-state index contributed by atoms with van der Waals surface area (Å²) >= 11 is 6.76. The second-order valence-corrected chi connectivity index (χ2v) is 13.0. The van der Waals surface area contributed by atoms with Crippen molar-refractivity contribution in [2.75, 3.05) is 24.2 Å². The lowest BCUT2D eigenvalue weighted by atomic mass is 9.94. The van der Waals surface area contributed by atoms with Crippen molar-refractivity contribution in [2.24, 2.45) is 5.41 Å². The van der Waals surface area contributed by atoms with Crippen molar-refractivity contribution >= 4 is 39.8 Å².